The highest BCUT2D eigenvalue weighted by Crippen LogP contribution is 2.35. The fraction of sp³-hybridized carbons (Fsp3) is 0.889. The van der Waals surface area contributed by atoms with Crippen molar-refractivity contribution in [1.82, 2.24) is 15.5 Å². The minimum atomic E-state index is -4.22. The van der Waals surface area contributed by atoms with Gasteiger partial charge in [0, 0.05) is 26.2 Å². The molecule has 12 heteroatoms. The lowest BCUT2D eigenvalue weighted by atomic mass is 10.4. The fourth-order valence-corrected chi connectivity index (χ4v) is 2.73. The molecule has 0 bridgehead atoms. The van der Waals surface area contributed by atoms with Crippen molar-refractivity contribution < 1.29 is 33.5 Å². The number of Topliss-reactive ketones (excluding diaryl/α,β-unsaturated/α-hetero) is 1. The van der Waals surface area contributed by atoms with Crippen LogP contribution in [-0.2, 0) is 13.9 Å². The number of carbonyl (C=O) groups excluding carboxylic acids is 1. The van der Waals surface area contributed by atoms with Crippen LogP contribution in [0.1, 0.15) is 6.92 Å². The molecular formula is C9H23N3O7P2. The SMILES string of the molecule is CC(=O)CNCCN(CCNCP(=O)(O)O)CP(=O)(O)O. The lowest BCUT2D eigenvalue weighted by Gasteiger charge is -2.23. The molecule has 21 heavy (non-hydrogen) atoms. The van der Waals surface area contributed by atoms with E-state index < -0.39 is 27.8 Å². The summed E-state index contributed by atoms with van der Waals surface area (Å²) in [6.45, 7) is 2.67. The van der Waals surface area contributed by atoms with Crippen LogP contribution in [0.2, 0.25) is 0 Å². The molecule has 0 aromatic heterocycles. The van der Waals surface area contributed by atoms with Crippen LogP contribution in [0.15, 0.2) is 0 Å². The number of rotatable bonds is 12. The highest BCUT2D eigenvalue weighted by molar-refractivity contribution is 7.51. The minimum Gasteiger partial charge on any atom is -0.324 e. The number of carbonyl (C=O) groups is 1. The van der Waals surface area contributed by atoms with E-state index in [-0.39, 0.29) is 25.4 Å². The average Bonchev–Trinajstić information content (AvgIpc) is 2.26. The number of hydrogen-bond acceptors (Lipinski definition) is 6. The van der Waals surface area contributed by atoms with Crippen molar-refractivity contribution in [2.75, 3.05) is 45.3 Å². The van der Waals surface area contributed by atoms with Gasteiger partial charge >= 0.3 is 15.2 Å². The van der Waals surface area contributed by atoms with Crippen LogP contribution in [0, 0.1) is 0 Å². The second-order valence-electron chi connectivity index (χ2n) is 4.63. The predicted octanol–water partition coefficient (Wildman–Crippen LogP) is -1.67. The first-order valence-corrected chi connectivity index (χ1v) is 9.81. The van der Waals surface area contributed by atoms with E-state index in [4.69, 9.17) is 19.6 Å². The highest BCUT2D eigenvalue weighted by atomic mass is 31.2. The van der Waals surface area contributed by atoms with Gasteiger partial charge in [-0.1, -0.05) is 0 Å². The summed E-state index contributed by atoms with van der Waals surface area (Å²) in [4.78, 5) is 47.5. The first-order chi connectivity index (χ1) is 9.49. The van der Waals surface area contributed by atoms with Crippen LogP contribution in [0.25, 0.3) is 0 Å². The molecule has 0 aliphatic carbocycles. The maximum absolute atomic E-state index is 11.0. The van der Waals surface area contributed by atoms with Gasteiger partial charge in [0.25, 0.3) is 0 Å². The lowest BCUT2D eigenvalue weighted by molar-refractivity contribution is -0.116. The van der Waals surface area contributed by atoms with E-state index in [1.165, 1.54) is 11.8 Å². The lowest BCUT2D eigenvalue weighted by Crippen LogP contribution is -2.38. The van der Waals surface area contributed by atoms with Gasteiger partial charge in [0.15, 0.2) is 0 Å². The summed E-state index contributed by atoms with van der Waals surface area (Å²) < 4.78 is 21.6. The van der Waals surface area contributed by atoms with Gasteiger partial charge in [-0.15, -0.1) is 0 Å². The molecule has 0 aliphatic rings. The minimum absolute atomic E-state index is 0.0418. The molecular weight excluding hydrogens is 324 g/mol. The van der Waals surface area contributed by atoms with Crippen molar-refractivity contribution in [1.29, 1.82) is 0 Å². The Morgan fingerprint density at radius 1 is 1.00 bits per heavy atom. The van der Waals surface area contributed by atoms with E-state index in [1.54, 1.807) is 0 Å². The van der Waals surface area contributed by atoms with Gasteiger partial charge in [-0.25, -0.2) is 0 Å². The summed E-state index contributed by atoms with van der Waals surface area (Å²) in [5.41, 5.74) is 0. The maximum atomic E-state index is 11.0. The number of hydrogen-bond donors (Lipinski definition) is 6. The zero-order valence-corrected chi connectivity index (χ0v) is 13.6. The molecule has 10 nitrogen and oxygen atoms in total. The van der Waals surface area contributed by atoms with E-state index in [0.29, 0.717) is 13.1 Å². The molecule has 0 saturated heterocycles. The fourth-order valence-electron chi connectivity index (χ4n) is 1.48. The number of nitrogens with one attached hydrogen (secondary N) is 2. The zero-order chi connectivity index (χ0) is 16.5. The topological polar surface area (TPSA) is 159 Å². The van der Waals surface area contributed by atoms with Crippen molar-refractivity contribution in [3.8, 4) is 0 Å². The van der Waals surface area contributed by atoms with Crippen molar-refractivity contribution in [2.24, 2.45) is 0 Å². The summed E-state index contributed by atoms with van der Waals surface area (Å²) in [6, 6.07) is 0. The predicted molar refractivity (Wildman–Crippen MR) is 76.9 cm³/mol. The summed E-state index contributed by atoms with van der Waals surface area (Å²) in [6.07, 6.45) is -0.939. The Hall–Kier alpha value is -0.150. The highest BCUT2D eigenvalue weighted by Gasteiger charge is 2.19. The van der Waals surface area contributed by atoms with E-state index >= 15 is 0 Å². The molecule has 126 valence electrons. The van der Waals surface area contributed by atoms with E-state index in [1.807, 2.05) is 0 Å². The largest absolute Gasteiger partial charge is 0.339 e. The second kappa shape index (κ2) is 9.78. The van der Waals surface area contributed by atoms with Crippen molar-refractivity contribution in [2.45, 2.75) is 6.92 Å². The summed E-state index contributed by atoms with van der Waals surface area (Å²) >= 11 is 0. The van der Waals surface area contributed by atoms with Gasteiger partial charge in [-0.05, 0) is 6.92 Å². The molecule has 6 N–H and O–H groups in total. The third kappa shape index (κ3) is 16.1. The van der Waals surface area contributed by atoms with Crippen LogP contribution in [0.5, 0.6) is 0 Å². The normalized spacial score (nSPS) is 12.9. The van der Waals surface area contributed by atoms with Gasteiger partial charge in [0.2, 0.25) is 0 Å². The molecule has 0 saturated carbocycles. The monoisotopic (exact) mass is 347 g/mol. The van der Waals surface area contributed by atoms with Crippen molar-refractivity contribution in [3.05, 3.63) is 0 Å². The standard InChI is InChI=1S/C9H23N3O7P2/c1-9(13)6-10-2-4-12(8-21(17,18)19)5-3-11-7-20(14,15)16/h10-11H,2-8H2,1H3,(H2,14,15,16)(H2,17,18,19). The van der Waals surface area contributed by atoms with Gasteiger partial charge in [0.05, 0.1) is 12.8 Å². The molecule has 0 aliphatic heterocycles. The molecule has 0 fully saturated rings. The smallest absolute Gasteiger partial charge is 0.324 e. The molecule has 0 radical (unpaired) electrons. The van der Waals surface area contributed by atoms with Gasteiger partial charge in [-0.3, -0.25) is 18.8 Å². The first kappa shape index (κ1) is 20.9. The summed E-state index contributed by atoms with van der Waals surface area (Å²) in [7, 11) is -8.36. The Morgan fingerprint density at radius 3 is 1.95 bits per heavy atom. The van der Waals surface area contributed by atoms with Crippen LogP contribution in [-0.4, -0.2) is 75.6 Å². The van der Waals surface area contributed by atoms with E-state index in [2.05, 4.69) is 10.6 Å². The molecule has 0 unspecified atom stereocenters. The molecule has 0 aromatic rings. The van der Waals surface area contributed by atoms with Gasteiger partial charge in [0.1, 0.15) is 12.1 Å². The Morgan fingerprint density at radius 2 is 1.52 bits per heavy atom. The Kier molecular flexibility index (Phi) is 9.71. The third-order valence-electron chi connectivity index (χ3n) is 2.29. The molecule has 0 rings (SSSR count). The number of nitrogens with zero attached hydrogens (tertiary/aromatic N) is 1. The van der Waals surface area contributed by atoms with Gasteiger partial charge in [-0.2, -0.15) is 0 Å². The van der Waals surface area contributed by atoms with Crippen LogP contribution < -0.4 is 10.6 Å². The average molecular weight is 347 g/mol. The number of ketones is 1. The van der Waals surface area contributed by atoms with Gasteiger partial charge < -0.3 is 30.2 Å². The van der Waals surface area contributed by atoms with E-state index in [0.717, 1.165) is 0 Å². The molecule has 0 spiro atoms. The quantitative estimate of drug-likeness (QED) is 0.178. The zero-order valence-electron chi connectivity index (χ0n) is 11.8. The molecule has 0 aromatic carbocycles. The van der Waals surface area contributed by atoms with Crippen molar-refractivity contribution >= 4 is 21.0 Å². The van der Waals surface area contributed by atoms with E-state index in [9.17, 15) is 13.9 Å². The van der Waals surface area contributed by atoms with Crippen LogP contribution in [0.3, 0.4) is 0 Å². The molecule has 0 heterocycles. The maximum Gasteiger partial charge on any atom is 0.339 e. The van der Waals surface area contributed by atoms with Crippen molar-refractivity contribution in [3.63, 3.8) is 0 Å². The second-order valence-corrected chi connectivity index (χ2v) is 7.88. The Balaban J connectivity index is 4.11. The Labute approximate surface area is 123 Å². The summed E-state index contributed by atoms with van der Waals surface area (Å²) in [5, 5.41) is 5.34. The van der Waals surface area contributed by atoms with Crippen LogP contribution in [0.4, 0.5) is 0 Å². The van der Waals surface area contributed by atoms with Crippen LogP contribution >= 0.6 is 15.2 Å². The molecule has 0 atom stereocenters. The first-order valence-electron chi connectivity index (χ1n) is 6.22. The Bertz CT molecular complexity index is 408. The summed E-state index contributed by atoms with van der Waals surface area (Å²) in [5.74, 6) is -0.0418. The molecule has 0 amide bonds. The third-order valence-corrected chi connectivity index (χ3v) is 3.69.